The molecule has 0 aromatic carbocycles. The fraction of sp³-hybridized carbons (Fsp3) is 0.919. The van der Waals surface area contributed by atoms with E-state index in [-0.39, 0.29) is 22.3 Å². The zero-order chi connectivity index (χ0) is 28.8. The molecule has 5 saturated carbocycles. The molecule has 0 bridgehead atoms. The molecule has 6 rings (SSSR count). The van der Waals surface area contributed by atoms with Crippen molar-refractivity contribution in [1.82, 2.24) is 4.90 Å². The van der Waals surface area contributed by atoms with Crippen LogP contribution in [0.2, 0.25) is 0 Å². The lowest BCUT2D eigenvalue weighted by molar-refractivity contribution is -0.259. The van der Waals surface area contributed by atoms with Crippen molar-refractivity contribution in [3.05, 3.63) is 12.2 Å². The molecule has 6 fully saturated rings. The number of ketones is 1. The first kappa shape index (κ1) is 29.4. The van der Waals surface area contributed by atoms with Crippen LogP contribution in [0.1, 0.15) is 132 Å². The molecular formula is C37H61NO2. The van der Waals surface area contributed by atoms with Gasteiger partial charge in [-0.3, -0.25) is 4.79 Å². The van der Waals surface area contributed by atoms with Crippen molar-refractivity contribution in [3.63, 3.8) is 0 Å². The average Bonchev–Trinajstić information content (AvgIpc) is 3.11. The number of fused-ring (bicyclic) bond motifs is 5. The average molecular weight is 552 g/mol. The van der Waals surface area contributed by atoms with E-state index in [1.54, 1.807) is 5.57 Å². The first-order chi connectivity index (χ1) is 18.7. The molecule has 226 valence electrons. The number of ether oxygens (including phenoxy) is 1. The first-order valence-electron chi connectivity index (χ1n) is 17.3. The number of piperidine rings is 1. The van der Waals surface area contributed by atoms with E-state index < -0.39 is 0 Å². The highest BCUT2D eigenvalue weighted by atomic mass is 16.5. The molecule has 0 aromatic heterocycles. The molecule has 40 heavy (non-hydrogen) atoms. The van der Waals surface area contributed by atoms with Gasteiger partial charge in [0.05, 0.1) is 12.7 Å². The van der Waals surface area contributed by atoms with E-state index >= 15 is 0 Å². The standard InChI is InChI=1S/C37H61NO2/c1-26-14-16-32(2,3)37(26)19-18-35(7)27(24-37)12-13-29-34(6)17-15-30(39)33(4,5)31(34)28(25-36(29,35)8)40-23-22-38-20-10-9-11-21-38/h27-29,31H,1,9-25H2,2-8H3. The van der Waals surface area contributed by atoms with Crippen LogP contribution >= 0.6 is 0 Å². The Hall–Kier alpha value is -0.670. The summed E-state index contributed by atoms with van der Waals surface area (Å²) in [5.41, 5.74) is 2.72. The fourth-order valence-corrected chi connectivity index (χ4v) is 12.8. The van der Waals surface area contributed by atoms with Crippen molar-refractivity contribution in [3.8, 4) is 0 Å². The molecule has 5 aliphatic carbocycles. The van der Waals surface area contributed by atoms with Gasteiger partial charge >= 0.3 is 0 Å². The molecule has 8 atom stereocenters. The Bertz CT molecular complexity index is 1020. The van der Waals surface area contributed by atoms with Crippen molar-refractivity contribution in [2.45, 2.75) is 138 Å². The second kappa shape index (κ2) is 9.67. The number of rotatable bonds is 4. The highest BCUT2D eigenvalue weighted by molar-refractivity contribution is 5.85. The number of carbonyl (C=O) groups is 1. The Balaban J connectivity index is 1.32. The van der Waals surface area contributed by atoms with Crippen LogP contribution in [0.3, 0.4) is 0 Å². The Morgan fingerprint density at radius 2 is 1.57 bits per heavy atom. The van der Waals surface area contributed by atoms with E-state index in [0.717, 1.165) is 38.3 Å². The van der Waals surface area contributed by atoms with Crippen molar-refractivity contribution in [2.75, 3.05) is 26.2 Å². The molecule has 6 aliphatic rings. The van der Waals surface area contributed by atoms with Crippen LogP contribution in [0, 0.1) is 50.2 Å². The van der Waals surface area contributed by atoms with Crippen LogP contribution in [0.15, 0.2) is 12.2 Å². The third-order valence-corrected chi connectivity index (χ3v) is 15.5. The van der Waals surface area contributed by atoms with Gasteiger partial charge in [0.1, 0.15) is 5.78 Å². The molecule has 0 N–H and O–H groups in total. The molecule has 1 heterocycles. The topological polar surface area (TPSA) is 29.5 Å². The van der Waals surface area contributed by atoms with Gasteiger partial charge in [0, 0.05) is 24.3 Å². The third-order valence-electron chi connectivity index (χ3n) is 15.5. The smallest absolute Gasteiger partial charge is 0.138 e. The summed E-state index contributed by atoms with van der Waals surface area (Å²) in [5, 5.41) is 0. The summed E-state index contributed by atoms with van der Waals surface area (Å²) in [5.74, 6) is 2.24. The summed E-state index contributed by atoms with van der Waals surface area (Å²) < 4.78 is 7.08. The fourth-order valence-electron chi connectivity index (χ4n) is 12.8. The number of hydrogen-bond acceptors (Lipinski definition) is 3. The molecule has 3 heteroatoms. The number of nitrogens with zero attached hydrogens (tertiary/aromatic N) is 1. The lowest BCUT2D eigenvalue weighted by Gasteiger charge is -2.73. The van der Waals surface area contributed by atoms with Crippen LogP contribution in [0.25, 0.3) is 0 Å². The van der Waals surface area contributed by atoms with Gasteiger partial charge in [0.25, 0.3) is 0 Å². The Morgan fingerprint density at radius 1 is 0.850 bits per heavy atom. The Labute approximate surface area is 246 Å². The van der Waals surface area contributed by atoms with Gasteiger partial charge in [-0.2, -0.15) is 0 Å². The lowest BCUT2D eigenvalue weighted by atomic mass is 9.32. The number of allylic oxidation sites excluding steroid dienone is 1. The highest BCUT2D eigenvalue weighted by Gasteiger charge is 2.71. The van der Waals surface area contributed by atoms with Gasteiger partial charge < -0.3 is 9.64 Å². The van der Waals surface area contributed by atoms with Crippen LogP contribution in [-0.2, 0) is 9.53 Å². The van der Waals surface area contributed by atoms with E-state index in [4.69, 9.17) is 11.3 Å². The number of Topliss-reactive ketones (excluding diaryl/α,β-unsaturated/α-hetero) is 1. The van der Waals surface area contributed by atoms with Crippen LogP contribution in [0.5, 0.6) is 0 Å². The van der Waals surface area contributed by atoms with Gasteiger partial charge in [-0.25, -0.2) is 0 Å². The zero-order valence-electron chi connectivity index (χ0n) is 27.3. The largest absolute Gasteiger partial charge is 0.377 e. The van der Waals surface area contributed by atoms with Gasteiger partial charge in [0.15, 0.2) is 0 Å². The lowest BCUT2D eigenvalue weighted by Crippen LogP contribution is -2.69. The maximum absolute atomic E-state index is 13.5. The molecular weight excluding hydrogens is 490 g/mol. The van der Waals surface area contributed by atoms with Gasteiger partial charge in [0.2, 0.25) is 0 Å². The maximum Gasteiger partial charge on any atom is 0.138 e. The maximum atomic E-state index is 13.5. The second-order valence-electron chi connectivity index (χ2n) is 17.6. The summed E-state index contributed by atoms with van der Waals surface area (Å²) in [6, 6.07) is 0. The zero-order valence-corrected chi connectivity index (χ0v) is 27.3. The summed E-state index contributed by atoms with van der Waals surface area (Å²) in [4.78, 5) is 16.1. The van der Waals surface area contributed by atoms with Crippen molar-refractivity contribution in [1.29, 1.82) is 0 Å². The number of hydrogen-bond donors (Lipinski definition) is 0. The summed E-state index contributed by atoms with van der Waals surface area (Å²) in [7, 11) is 0. The van der Waals surface area contributed by atoms with E-state index in [0.29, 0.717) is 33.9 Å². The highest BCUT2D eigenvalue weighted by Crippen LogP contribution is 2.77. The van der Waals surface area contributed by atoms with E-state index in [1.807, 2.05) is 0 Å². The molecule has 0 amide bonds. The van der Waals surface area contributed by atoms with Crippen LogP contribution in [-0.4, -0.2) is 43.0 Å². The third kappa shape index (κ3) is 3.98. The normalized spacial score (nSPS) is 48.5. The molecule has 1 aliphatic heterocycles. The van der Waals surface area contributed by atoms with Crippen LogP contribution < -0.4 is 0 Å². The minimum Gasteiger partial charge on any atom is -0.377 e. The quantitative estimate of drug-likeness (QED) is 0.327. The minimum absolute atomic E-state index is 0.166. The van der Waals surface area contributed by atoms with Gasteiger partial charge in [-0.15, -0.1) is 0 Å². The molecule has 3 nitrogen and oxygen atoms in total. The van der Waals surface area contributed by atoms with Crippen molar-refractivity contribution < 1.29 is 9.53 Å². The number of likely N-dealkylation sites (tertiary alicyclic amines) is 1. The van der Waals surface area contributed by atoms with E-state index in [2.05, 4.69) is 53.4 Å². The SMILES string of the molecule is C=C1CCC(C)(C)C12CCC1(C)C(CCC3C4(C)CCC(=O)C(C)(C)C4C(OCCN4CCCCC4)CC31C)C2. The van der Waals surface area contributed by atoms with Crippen LogP contribution in [0.4, 0.5) is 0 Å². The monoisotopic (exact) mass is 551 g/mol. The van der Waals surface area contributed by atoms with Gasteiger partial charge in [-0.1, -0.05) is 67.0 Å². The number of carbonyl (C=O) groups excluding carboxylic acids is 1. The first-order valence-corrected chi connectivity index (χ1v) is 17.3. The van der Waals surface area contributed by atoms with Gasteiger partial charge in [-0.05, 0) is 123 Å². The predicted molar refractivity (Wildman–Crippen MR) is 165 cm³/mol. The minimum atomic E-state index is -0.301. The second-order valence-corrected chi connectivity index (χ2v) is 17.6. The molecule has 1 spiro atoms. The Morgan fingerprint density at radius 3 is 2.25 bits per heavy atom. The van der Waals surface area contributed by atoms with Crippen molar-refractivity contribution >= 4 is 5.78 Å². The molecule has 0 aromatic rings. The molecule has 0 radical (unpaired) electrons. The molecule has 8 unspecified atom stereocenters. The summed E-state index contributed by atoms with van der Waals surface area (Å²) in [6.07, 6.45) is 16.4. The Kier molecular flexibility index (Phi) is 7.11. The summed E-state index contributed by atoms with van der Waals surface area (Å²) >= 11 is 0. The van der Waals surface area contributed by atoms with E-state index in [9.17, 15) is 4.79 Å². The summed E-state index contributed by atoms with van der Waals surface area (Å²) in [6.45, 7) is 26.6. The molecule has 1 saturated heterocycles. The predicted octanol–water partition coefficient (Wildman–Crippen LogP) is 8.86. The van der Waals surface area contributed by atoms with E-state index in [1.165, 1.54) is 77.3 Å². The van der Waals surface area contributed by atoms with Crippen molar-refractivity contribution in [2.24, 2.45) is 50.2 Å².